The Hall–Kier alpha value is 0.866. The van der Waals surface area contributed by atoms with Crippen LogP contribution in [-0.4, -0.2) is 35.8 Å². The van der Waals surface area contributed by atoms with Crippen molar-refractivity contribution in [2.45, 2.75) is 45.3 Å². The van der Waals surface area contributed by atoms with E-state index in [2.05, 4.69) is 0 Å². The molecule has 0 radical (unpaired) electrons. The molecule has 0 aliphatic carbocycles. The molecule has 1 saturated heterocycles. The summed E-state index contributed by atoms with van der Waals surface area (Å²) in [5, 5.41) is 11.0. The van der Waals surface area contributed by atoms with Crippen molar-refractivity contribution >= 4 is 6.09 Å². The molecule has 1 rings (SSSR count). The number of piperidine rings is 1. The van der Waals surface area contributed by atoms with E-state index in [1.165, 1.54) is 0 Å². The first-order valence-corrected chi connectivity index (χ1v) is 5.02. The van der Waals surface area contributed by atoms with Crippen LogP contribution >= 0.6 is 0 Å². The molecule has 0 N–H and O–H groups in total. The topological polar surface area (TPSA) is 52.6 Å². The van der Waals surface area contributed by atoms with Gasteiger partial charge in [-0.25, -0.2) is 4.79 Å². The Morgan fingerprint density at radius 3 is 2.20 bits per heavy atom. The molecular weight excluding hydrogens is 221 g/mol. The SMILES string of the molecule is CC(C)(C)OC(=O)N1CCC([O-])CC1.[K+]. The van der Waals surface area contributed by atoms with E-state index in [9.17, 15) is 9.90 Å². The van der Waals surface area contributed by atoms with Crippen LogP contribution in [-0.2, 0) is 4.74 Å². The molecule has 0 saturated carbocycles. The van der Waals surface area contributed by atoms with Crippen molar-refractivity contribution in [2.24, 2.45) is 0 Å². The maximum absolute atomic E-state index is 11.5. The maximum atomic E-state index is 11.5. The summed E-state index contributed by atoms with van der Waals surface area (Å²) in [6.45, 7) is 6.58. The normalized spacial score (nSPS) is 18.3. The molecule has 4 nitrogen and oxygen atoms in total. The number of rotatable bonds is 0. The van der Waals surface area contributed by atoms with E-state index >= 15 is 0 Å². The van der Waals surface area contributed by atoms with E-state index in [1.807, 2.05) is 20.8 Å². The van der Waals surface area contributed by atoms with Gasteiger partial charge < -0.3 is 14.7 Å². The van der Waals surface area contributed by atoms with Crippen LogP contribution in [0.4, 0.5) is 4.79 Å². The standard InChI is InChI=1S/C10H18NO3.K/c1-10(2,3)14-9(13)11-6-4-8(12)5-7-11;/h8H,4-7H2,1-3H3;/q-1;+1. The van der Waals surface area contributed by atoms with E-state index in [1.54, 1.807) is 4.90 Å². The van der Waals surface area contributed by atoms with E-state index in [0.29, 0.717) is 25.9 Å². The molecule has 0 aromatic rings. The Morgan fingerprint density at radius 1 is 1.33 bits per heavy atom. The van der Waals surface area contributed by atoms with Gasteiger partial charge in [-0.1, -0.05) is 0 Å². The molecule has 0 aromatic carbocycles. The number of likely N-dealkylation sites (tertiary alicyclic amines) is 1. The fourth-order valence-electron chi connectivity index (χ4n) is 1.36. The fraction of sp³-hybridized carbons (Fsp3) is 0.900. The summed E-state index contributed by atoms with van der Waals surface area (Å²) in [7, 11) is 0. The van der Waals surface area contributed by atoms with Crippen LogP contribution in [0.2, 0.25) is 0 Å². The van der Waals surface area contributed by atoms with Gasteiger partial charge >= 0.3 is 57.5 Å². The summed E-state index contributed by atoms with van der Waals surface area (Å²) in [5.41, 5.74) is -0.453. The second kappa shape index (κ2) is 6.57. The Balaban J connectivity index is 0.00000196. The molecule has 1 heterocycles. The molecule has 0 atom stereocenters. The molecule has 0 unspecified atom stereocenters. The zero-order valence-electron chi connectivity index (χ0n) is 10.1. The third kappa shape index (κ3) is 6.24. The summed E-state index contributed by atoms with van der Waals surface area (Å²) < 4.78 is 5.20. The molecule has 1 aliphatic rings. The van der Waals surface area contributed by atoms with Crippen LogP contribution in [0.3, 0.4) is 0 Å². The van der Waals surface area contributed by atoms with Gasteiger partial charge in [0.2, 0.25) is 0 Å². The van der Waals surface area contributed by atoms with Crippen LogP contribution in [0.5, 0.6) is 0 Å². The number of carbonyl (C=O) groups is 1. The first-order valence-electron chi connectivity index (χ1n) is 5.02. The zero-order valence-corrected chi connectivity index (χ0v) is 13.2. The van der Waals surface area contributed by atoms with Crippen molar-refractivity contribution in [3.05, 3.63) is 0 Å². The van der Waals surface area contributed by atoms with Crippen molar-refractivity contribution in [3.8, 4) is 0 Å². The van der Waals surface area contributed by atoms with E-state index in [-0.39, 0.29) is 57.5 Å². The van der Waals surface area contributed by atoms with Crippen LogP contribution in [0.15, 0.2) is 0 Å². The van der Waals surface area contributed by atoms with Crippen molar-refractivity contribution in [2.75, 3.05) is 13.1 Å². The summed E-state index contributed by atoms with van der Waals surface area (Å²) in [6.07, 6.45) is 0.275. The average Bonchev–Trinajstić information content (AvgIpc) is 2.02. The van der Waals surface area contributed by atoms with E-state index in [4.69, 9.17) is 4.74 Å². The molecule has 1 amide bonds. The van der Waals surface area contributed by atoms with Gasteiger partial charge in [0.05, 0.1) is 0 Å². The van der Waals surface area contributed by atoms with Crippen molar-refractivity contribution in [3.63, 3.8) is 0 Å². The number of hydrogen-bond donors (Lipinski definition) is 0. The predicted molar refractivity (Wildman–Crippen MR) is 50.8 cm³/mol. The summed E-state index contributed by atoms with van der Waals surface area (Å²) >= 11 is 0. The van der Waals surface area contributed by atoms with Crippen molar-refractivity contribution in [1.29, 1.82) is 0 Å². The quantitative estimate of drug-likeness (QED) is 0.449. The summed E-state index contributed by atoms with van der Waals surface area (Å²) in [4.78, 5) is 13.1. The number of nitrogens with zero attached hydrogens (tertiary/aromatic N) is 1. The van der Waals surface area contributed by atoms with Crippen molar-refractivity contribution < 1.29 is 66.0 Å². The largest absolute Gasteiger partial charge is 1.00 e. The van der Waals surface area contributed by atoms with Gasteiger partial charge in [-0.05, 0) is 33.6 Å². The molecule has 0 bridgehead atoms. The predicted octanol–water partition coefficient (Wildman–Crippen LogP) is -2.25. The molecule has 82 valence electrons. The van der Waals surface area contributed by atoms with Crippen LogP contribution in [0, 0.1) is 0 Å². The van der Waals surface area contributed by atoms with Gasteiger partial charge in [-0.15, -0.1) is 6.10 Å². The number of hydrogen-bond acceptors (Lipinski definition) is 3. The molecule has 0 spiro atoms. The number of carbonyl (C=O) groups excluding carboxylic acids is 1. The Kier molecular flexibility index (Phi) is 6.94. The molecule has 1 aliphatic heterocycles. The number of amides is 1. The van der Waals surface area contributed by atoms with E-state index < -0.39 is 11.7 Å². The minimum absolute atomic E-state index is 0. The number of ether oxygens (including phenoxy) is 1. The Labute approximate surface area is 134 Å². The third-order valence-corrected chi connectivity index (χ3v) is 2.09. The third-order valence-electron chi connectivity index (χ3n) is 2.09. The monoisotopic (exact) mass is 239 g/mol. The minimum atomic E-state index is -0.506. The zero-order chi connectivity index (χ0) is 10.8. The molecule has 0 aromatic heterocycles. The fourth-order valence-corrected chi connectivity index (χ4v) is 1.36. The first-order chi connectivity index (χ1) is 6.38. The van der Waals surface area contributed by atoms with Gasteiger partial charge in [0, 0.05) is 13.1 Å². The van der Waals surface area contributed by atoms with Gasteiger partial charge in [-0.2, -0.15) is 0 Å². The van der Waals surface area contributed by atoms with Gasteiger partial charge in [-0.3, -0.25) is 0 Å². The van der Waals surface area contributed by atoms with Crippen molar-refractivity contribution in [1.82, 2.24) is 4.90 Å². The van der Waals surface area contributed by atoms with Gasteiger partial charge in [0.1, 0.15) is 5.60 Å². The minimum Gasteiger partial charge on any atom is -0.852 e. The van der Waals surface area contributed by atoms with Gasteiger partial charge in [0.25, 0.3) is 0 Å². The molecular formula is C10H18KNO3. The second-order valence-corrected chi connectivity index (χ2v) is 4.67. The van der Waals surface area contributed by atoms with Crippen LogP contribution in [0.25, 0.3) is 0 Å². The molecule has 5 heteroatoms. The molecule has 15 heavy (non-hydrogen) atoms. The second-order valence-electron chi connectivity index (χ2n) is 4.67. The summed E-state index contributed by atoms with van der Waals surface area (Å²) in [5.74, 6) is 0. The Bertz CT molecular complexity index is 207. The summed E-state index contributed by atoms with van der Waals surface area (Å²) in [6, 6.07) is 0. The maximum Gasteiger partial charge on any atom is 1.00 e. The Morgan fingerprint density at radius 2 is 1.80 bits per heavy atom. The van der Waals surface area contributed by atoms with Gasteiger partial charge in [0.15, 0.2) is 0 Å². The molecule has 1 fully saturated rings. The van der Waals surface area contributed by atoms with Crippen LogP contribution < -0.4 is 56.5 Å². The smallest absolute Gasteiger partial charge is 0.852 e. The average molecular weight is 239 g/mol. The van der Waals surface area contributed by atoms with Crippen LogP contribution in [0.1, 0.15) is 33.6 Å². The van der Waals surface area contributed by atoms with E-state index in [0.717, 1.165) is 0 Å². The first kappa shape index (κ1) is 15.9.